The van der Waals surface area contributed by atoms with Crippen LogP contribution in [0.5, 0.6) is 0 Å². The first-order chi connectivity index (χ1) is 6.31. The number of ether oxygens (including phenoxy) is 1. The van der Waals surface area contributed by atoms with Gasteiger partial charge < -0.3 is 15.4 Å². The second kappa shape index (κ2) is 3.28. The number of hydrogen-bond donors (Lipinski definition) is 2. The molecule has 0 radical (unpaired) electrons. The lowest BCUT2D eigenvalue weighted by Gasteiger charge is -2.01. The standard InChI is InChI=1S/C9H14N2O2/c1-2-6-5-7(9(12)13-6)8-10-3-4-11-8/h6,10-11H,2-5H2,1H3. The molecule has 0 aliphatic carbocycles. The summed E-state index contributed by atoms with van der Waals surface area (Å²) in [6.07, 6.45) is 1.71. The Hall–Kier alpha value is -1.19. The van der Waals surface area contributed by atoms with Gasteiger partial charge in [0.1, 0.15) is 11.9 Å². The Morgan fingerprint density at radius 2 is 2.15 bits per heavy atom. The number of nitrogens with one attached hydrogen (secondary N) is 2. The molecule has 4 heteroatoms. The average Bonchev–Trinajstić information content (AvgIpc) is 2.72. The van der Waals surface area contributed by atoms with Crippen LogP contribution in [0.15, 0.2) is 11.4 Å². The minimum absolute atomic E-state index is 0.0826. The van der Waals surface area contributed by atoms with Crippen molar-refractivity contribution in [3.63, 3.8) is 0 Å². The van der Waals surface area contributed by atoms with Gasteiger partial charge in [0.05, 0.1) is 5.57 Å². The molecule has 0 aromatic carbocycles. The molecule has 72 valence electrons. The van der Waals surface area contributed by atoms with E-state index in [-0.39, 0.29) is 12.1 Å². The molecule has 4 nitrogen and oxygen atoms in total. The van der Waals surface area contributed by atoms with Crippen molar-refractivity contribution in [2.24, 2.45) is 0 Å². The monoisotopic (exact) mass is 182 g/mol. The second-order valence-corrected chi connectivity index (χ2v) is 3.35. The predicted octanol–water partition coefficient (Wildman–Crippen LogP) is 0.116. The van der Waals surface area contributed by atoms with Crippen molar-refractivity contribution >= 4 is 5.97 Å². The lowest BCUT2D eigenvalue weighted by molar-refractivity contribution is -0.138. The number of carbonyl (C=O) groups excluding carboxylic acids is 1. The Bertz CT molecular complexity index is 252. The molecule has 0 saturated carbocycles. The zero-order valence-electron chi connectivity index (χ0n) is 7.72. The first-order valence-electron chi connectivity index (χ1n) is 4.73. The van der Waals surface area contributed by atoms with Crippen molar-refractivity contribution in [3.8, 4) is 0 Å². The molecule has 2 saturated heterocycles. The predicted molar refractivity (Wildman–Crippen MR) is 47.8 cm³/mol. The van der Waals surface area contributed by atoms with Crippen LogP contribution in [0, 0.1) is 0 Å². The lowest BCUT2D eigenvalue weighted by Crippen LogP contribution is -2.15. The maximum atomic E-state index is 11.4. The van der Waals surface area contributed by atoms with Crippen LogP contribution in [0.3, 0.4) is 0 Å². The molecule has 0 aromatic heterocycles. The fraction of sp³-hybridized carbons (Fsp3) is 0.667. The third kappa shape index (κ3) is 1.48. The van der Waals surface area contributed by atoms with Crippen molar-refractivity contribution in [1.82, 2.24) is 10.6 Å². The molecular formula is C9H14N2O2. The molecule has 2 fully saturated rings. The number of carbonyl (C=O) groups is 1. The number of hydrogen-bond acceptors (Lipinski definition) is 4. The van der Waals surface area contributed by atoms with Gasteiger partial charge in [0.25, 0.3) is 0 Å². The van der Waals surface area contributed by atoms with Gasteiger partial charge in [-0.2, -0.15) is 0 Å². The first kappa shape index (κ1) is 8.41. The second-order valence-electron chi connectivity index (χ2n) is 3.35. The largest absolute Gasteiger partial charge is 0.459 e. The summed E-state index contributed by atoms with van der Waals surface area (Å²) in [5.41, 5.74) is 0.782. The van der Waals surface area contributed by atoms with Crippen LogP contribution < -0.4 is 10.6 Å². The molecule has 0 aromatic rings. The van der Waals surface area contributed by atoms with Crippen LogP contribution in [-0.2, 0) is 9.53 Å². The highest BCUT2D eigenvalue weighted by Gasteiger charge is 2.31. The third-order valence-electron chi connectivity index (χ3n) is 2.44. The maximum Gasteiger partial charge on any atom is 0.338 e. The van der Waals surface area contributed by atoms with Crippen molar-refractivity contribution in [3.05, 3.63) is 11.4 Å². The van der Waals surface area contributed by atoms with E-state index in [9.17, 15) is 4.79 Å². The zero-order valence-corrected chi connectivity index (χ0v) is 7.72. The van der Waals surface area contributed by atoms with Gasteiger partial charge in [-0.25, -0.2) is 4.79 Å². The zero-order chi connectivity index (χ0) is 9.26. The Balaban J connectivity index is 2.15. The van der Waals surface area contributed by atoms with Crippen molar-refractivity contribution in [2.75, 3.05) is 13.1 Å². The Labute approximate surface area is 77.3 Å². The Morgan fingerprint density at radius 1 is 1.46 bits per heavy atom. The van der Waals surface area contributed by atoms with E-state index >= 15 is 0 Å². The van der Waals surface area contributed by atoms with E-state index in [1.165, 1.54) is 0 Å². The number of cyclic esters (lactones) is 1. The molecule has 0 amide bonds. The van der Waals surface area contributed by atoms with Crippen LogP contribution >= 0.6 is 0 Å². The summed E-state index contributed by atoms with van der Waals surface area (Å²) >= 11 is 0. The van der Waals surface area contributed by atoms with Crippen LogP contribution in [0.1, 0.15) is 19.8 Å². The summed E-state index contributed by atoms with van der Waals surface area (Å²) in [6.45, 7) is 3.81. The molecule has 2 heterocycles. The van der Waals surface area contributed by atoms with Crippen LogP contribution in [0.4, 0.5) is 0 Å². The summed E-state index contributed by atoms with van der Waals surface area (Å²) in [5, 5.41) is 6.28. The summed E-state index contributed by atoms with van der Waals surface area (Å²) < 4.78 is 5.16. The van der Waals surface area contributed by atoms with Gasteiger partial charge in [-0.15, -0.1) is 0 Å². The molecule has 2 rings (SSSR count). The lowest BCUT2D eigenvalue weighted by atomic mass is 10.1. The quantitative estimate of drug-likeness (QED) is 0.446. The molecule has 0 bridgehead atoms. The molecule has 0 spiro atoms. The minimum atomic E-state index is -0.163. The molecule has 13 heavy (non-hydrogen) atoms. The minimum Gasteiger partial charge on any atom is -0.459 e. The van der Waals surface area contributed by atoms with Gasteiger partial charge in [-0.1, -0.05) is 6.92 Å². The number of esters is 1. The maximum absolute atomic E-state index is 11.4. The van der Waals surface area contributed by atoms with Crippen LogP contribution in [-0.4, -0.2) is 25.2 Å². The van der Waals surface area contributed by atoms with Crippen LogP contribution in [0.2, 0.25) is 0 Å². The normalized spacial score (nSPS) is 27.2. The van der Waals surface area contributed by atoms with E-state index in [1.54, 1.807) is 0 Å². The summed E-state index contributed by atoms with van der Waals surface area (Å²) in [5.74, 6) is 0.713. The highest BCUT2D eigenvalue weighted by molar-refractivity contribution is 5.91. The molecule has 2 aliphatic rings. The molecule has 2 N–H and O–H groups in total. The van der Waals surface area contributed by atoms with Crippen molar-refractivity contribution < 1.29 is 9.53 Å². The topological polar surface area (TPSA) is 50.4 Å². The van der Waals surface area contributed by atoms with Crippen molar-refractivity contribution in [2.45, 2.75) is 25.9 Å². The van der Waals surface area contributed by atoms with Crippen molar-refractivity contribution in [1.29, 1.82) is 0 Å². The van der Waals surface area contributed by atoms with Gasteiger partial charge >= 0.3 is 5.97 Å². The summed E-state index contributed by atoms with van der Waals surface area (Å²) in [6, 6.07) is 0. The molecular weight excluding hydrogens is 168 g/mol. The third-order valence-corrected chi connectivity index (χ3v) is 2.44. The van der Waals surface area contributed by atoms with E-state index in [2.05, 4.69) is 10.6 Å². The van der Waals surface area contributed by atoms with E-state index < -0.39 is 0 Å². The Morgan fingerprint density at radius 3 is 2.69 bits per heavy atom. The van der Waals surface area contributed by atoms with E-state index in [4.69, 9.17) is 4.74 Å². The first-order valence-corrected chi connectivity index (χ1v) is 4.73. The van der Waals surface area contributed by atoms with E-state index in [1.807, 2.05) is 6.92 Å². The van der Waals surface area contributed by atoms with Gasteiger partial charge in [-0.3, -0.25) is 0 Å². The fourth-order valence-corrected chi connectivity index (χ4v) is 1.66. The van der Waals surface area contributed by atoms with E-state index in [0.717, 1.165) is 37.3 Å². The smallest absolute Gasteiger partial charge is 0.338 e. The van der Waals surface area contributed by atoms with Gasteiger partial charge in [0.2, 0.25) is 0 Å². The SMILES string of the molecule is CCC1CC(=C2NCCN2)C(=O)O1. The summed E-state index contributed by atoms with van der Waals surface area (Å²) in [7, 11) is 0. The highest BCUT2D eigenvalue weighted by atomic mass is 16.5. The van der Waals surface area contributed by atoms with Gasteiger partial charge in [0, 0.05) is 19.5 Å². The fourth-order valence-electron chi connectivity index (χ4n) is 1.66. The summed E-state index contributed by atoms with van der Waals surface area (Å²) in [4.78, 5) is 11.4. The van der Waals surface area contributed by atoms with Crippen LogP contribution in [0.25, 0.3) is 0 Å². The average molecular weight is 182 g/mol. The van der Waals surface area contributed by atoms with Gasteiger partial charge in [0.15, 0.2) is 0 Å². The number of rotatable bonds is 1. The van der Waals surface area contributed by atoms with Gasteiger partial charge in [-0.05, 0) is 6.42 Å². The van der Waals surface area contributed by atoms with E-state index in [0.29, 0.717) is 0 Å². The molecule has 2 aliphatic heterocycles. The Kier molecular flexibility index (Phi) is 2.12. The molecule has 1 unspecified atom stereocenters. The highest BCUT2D eigenvalue weighted by Crippen LogP contribution is 2.24. The molecule has 1 atom stereocenters.